The van der Waals surface area contributed by atoms with E-state index in [1.807, 2.05) is 63.2 Å². The number of methoxy groups -OCH3 is 2. The molecular formula is C30H34BrNO6. The topological polar surface area (TPSA) is 83.1 Å². The molecular weight excluding hydrogens is 550 g/mol. The maximum absolute atomic E-state index is 13.8. The monoisotopic (exact) mass is 583 g/mol. The van der Waals surface area contributed by atoms with E-state index in [0.29, 0.717) is 42.0 Å². The van der Waals surface area contributed by atoms with E-state index in [1.54, 1.807) is 14.2 Å². The molecule has 0 saturated heterocycles. The first kappa shape index (κ1) is 27.9. The highest BCUT2D eigenvalue weighted by atomic mass is 79.9. The molecule has 8 heteroatoms. The maximum atomic E-state index is 13.8. The van der Waals surface area contributed by atoms with E-state index in [4.69, 9.17) is 18.9 Å². The van der Waals surface area contributed by atoms with Gasteiger partial charge in [0.15, 0.2) is 5.78 Å². The van der Waals surface area contributed by atoms with E-state index in [2.05, 4.69) is 21.2 Å². The molecule has 0 aromatic heterocycles. The summed E-state index contributed by atoms with van der Waals surface area (Å²) in [6.45, 7) is 6.14. The summed E-state index contributed by atoms with van der Waals surface area (Å²) in [7, 11) is 3.24. The number of hydrogen-bond donors (Lipinski definition) is 1. The van der Waals surface area contributed by atoms with Crippen LogP contribution in [0.2, 0.25) is 0 Å². The van der Waals surface area contributed by atoms with Crippen molar-refractivity contribution in [3.8, 4) is 11.5 Å². The molecule has 1 N–H and O–H groups in total. The molecule has 1 heterocycles. The molecule has 1 aliphatic carbocycles. The lowest BCUT2D eigenvalue weighted by molar-refractivity contribution is -0.141. The van der Waals surface area contributed by atoms with Crippen LogP contribution in [-0.2, 0) is 19.1 Å². The zero-order chi connectivity index (χ0) is 27.4. The van der Waals surface area contributed by atoms with Crippen molar-refractivity contribution in [1.29, 1.82) is 0 Å². The Balaban J connectivity index is 1.73. The van der Waals surface area contributed by atoms with Crippen LogP contribution < -0.4 is 14.8 Å². The van der Waals surface area contributed by atoms with Gasteiger partial charge >= 0.3 is 5.97 Å². The van der Waals surface area contributed by atoms with Gasteiger partial charge in [-0.05, 0) is 72.4 Å². The molecule has 0 bridgehead atoms. The quantitative estimate of drug-likeness (QED) is 0.295. The molecule has 0 radical (unpaired) electrons. The molecule has 0 fully saturated rings. The summed E-state index contributed by atoms with van der Waals surface area (Å²) in [6, 6.07) is 13.4. The number of ether oxygens (including phenoxy) is 4. The second kappa shape index (κ2) is 12.2. The third-order valence-corrected chi connectivity index (χ3v) is 7.52. The minimum absolute atomic E-state index is 0.00691. The van der Waals surface area contributed by atoms with Gasteiger partial charge in [-0.15, -0.1) is 0 Å². The number of ketones is 1. The van der Waals surface area contributed by atoms with Gasteiger partial charge in [-0.25, -0.2) is 4.79 Å². The van der Waals surface area contributed by atoms with Crippen LogP contribution in [0, 0.1) is 0 Å². The van der Waals surface area contributed by atoms with Gasteiger partial charge in [0.2, 0.25) is 0 Å². The largest absolute Gasteiger partial charge is 0.496 e. The van der Waals surface area contributed by atoms with Gasteiger partial charge in [0.05, 0.1) is 37.0 Å². The Bertz CT molecular complexity index is 1280. The van der Waals surface area contributed by atoms with Crippen molar-refractivity contribution in [2.45, 2.75) is 51.6 Å². The molecule has 202 valence electrons. The molecule has 0 saturated carbocycles. The van der Waals surface area contributed by atoms with E-state index >= 15 is 0 Å². The number of halogens is 1. The summed E-state index contributed by atoms with van der Waals surface area (Å²) in [4.78, 5) is 27.3. The fourth-order valence-corrected chi connectivity index (χ4v) is 5.78. The standard InChI is InChI=1S/C30H34BrNO6/c1-17(2)37-12-13-38-30(34)27-18(3)32-23-15-20(21-8-6-7-9-25(21)35-4)16-24(33)29(23)28(27)19-10-11-26(36-5)22(31)14-19/h6-11,14,17,20,28,32H,12-13,15-16H2,1-5H3. The molecule has 2 aromatic carbocycles. The number of Topliss-reactive ketones (excluding diaryl/α,β-unsaturated/α-hetero) is 1. The first-order valence-electron chi connectivity index (χ1n) is 12.7. The van der Waals surface area contributed by atoms with Crippen molar-refractivity contribution in [1.82, 2.24) is 5.32 Å². The Morgan fingerprint density at radius 2 is 1.79 bits per heavy atom. The van der Waals surface area contributed by atoms with Crippen LogP contribution in [0.25, 0.3) is 0 Å². The summed E-state index contributed by atoms with van der Waals surface area (Å²) in [5.41, 5.74) is 4.33. The third-order valence-electron chi connectivity index (χ3n) is 6.90. The number of rotatable bonds is 9. The molecule has 0 amide bonds. The maximum Gasteiger partial charge on any atom is 0.336 e. The van der Waals surface area contributed by atoms with E-state index in [-0.39, 0.29) is 24.4 Å². The SMILES string of the molecule is COc1ccc(C2C(C(=O)OCCOC(C)C)=C(C)NC3=C2C(=O)CC(c2ccccc2OC)C3)cc1Br. The lowest BCUT2D eigenvalue weighted by atomic mass is 9.71. The minimum atomic E-state index is -0.571. The molecule has 0 spiro atoms. The van der Waals surface area contributed by atoms with Crippen molar-refractivity contribution < 1.29 is 28.5 Å². The van der Waals surface area contributed by atoms with Gasteiger partial charge in [0, 0.05) is 35.2 Å². The Hall–Kier alpha value is -3.10. The second-order valence-electron chi connectivity index (χ2n) is 9.71. The molecule has 38 heavy (non-hydrogen) atoms. The number of allylic oxidation sites excluding steroid dienone is 3. The van der Waals surface area contributed by atoms with Gasteiger partial charge in [0.1, 0.15) is 18.1 Å². The Kier molecular flexibility index (Phi) is 8.95. The van der Waals surface area contributed by atoms with Crippen molar-refractivity contribution in [2.75, 3.05) is 27.4 Å². The van der Waals surface area contributed by atoms with Crippen LogP contribution in [-0.4, -0.2) is 45.3 Å². The predicted molar refractivity (Wildman–Crippen MR) is 148 cm³/mol. The van der Waals surface area contributed by atoms with Crippen LogP contribution >= 0.6 is 15.9 Å². The van der Waals surface area contributed by atoms with Crippen molar-refractivity contribution in [2.24, 2.45) is 0 Å². The summed E-state index contributed by atoms with van der Waals surface area (Å²) in [5, 5.41) is 3.39. The van der Waals surface area contributed by atoms with Gasteiger partial charge in [-0.3, -0.25) is 4.79 Å². The van der Waals surface area contributed by atoms with Crippen molar-refractivity contribution >= 4 is 27.7 Å². The van der Waals surface area contributed by atoms with Gasteiger partial charge in [0.25, 0.3) is 0 Å². The number of benzene rings is 2. The van der Waals surface area contributed by atoms with Crippen LogP contribution in [0.15, 0.2) is 69.5 Å². The average Bonchev–Trinajstić information content (AvgIpc) is 2.89. The minimum Gasteiger partial charge on any atom is -0.496 e. The normalized spacial score (nSPS) is 19.3. The zero-order valence-corrected chi connectivity index (χ0v) is 24.0. The number of para-hydroxylation sites is 1. The van der Waals surface area contributed by atoms with Gasteiger partial charge in [-0.1, -0.05) is 24.3 Å². The number of carbonyl (C=O) groups excluding carboxylic acids is 2. The van der Waals surface area contributed by atoms with E-state index in [9.17, 15) is 9.59 Å². The Labute approximate surface area is 232 Å². The molecule has 2 unspecified atom stereocenters. The highest BCUT2D eigenvalue weighted by molar-refractivity contribution is 9.10. The van der Waals surface area contributed by atoms with Crippen LogP contribution in [0.1, 0.15) is 56.6 Å². The summed E-state index contributed by atoms with van der Waals surface area (Å²) in [5.74, 6) is 0.346. The molecule has 4 rings (SSSR count). The van der Waals surface area contributed by atoms with Gasteiger partial charge in [-0.2, -0.15) is 0 Å². The van der Waals surface area contributed by atoms with Crippen molar-refractivity contribution in [3.63, 3.8) is 0 Å². The van der Waals surface area contributed by atoms with E-state index in [1.165, 1.54) is 0 Å². The van der Waals surface area contributed by atoms with E-state index in [0.717, 1.165) is 27.0 Å². The summed E-state index contributed by atoms with van der Waals surface area (Å²) >= 11 is 3.57. The van der Waals surface area contributed by atoms with Crippen LogP contribution in [0.3, 0.4) is 0 Å². The molecule has 7 nitrogen and oxygen atoms in total. The fraction of sp³-hybridized carbons (Fsp3) is 0.400. The highest BCUT2D eigenvalue weighted by Gasteiger charge is 2.42. The Morgan fingerprint density at radius 3 is 2.47 bits per heavy atom. The molecule has 2 aliphatic rings. The molecule has 2 aromatic rings. The summed E-state index contributed by atoms with van der Waals surface area (Å²) in [6.07, 6.45) is 0.981. The fourth-order valence-electron chi connectivity index (χ4n) is 5.22. The first-order valence-corrected chi connectivity index (χ1v) is 13.5. The van der Waals surface area contributed by atoms with Crippen LogP contribution in [0.4, 0.5) is 0 Å². The molecule has 2 atom stereocenters. The molecule has 1 aliphatic heterocycles. The second-order valence-corrected chi connectivity index (χ2v) is 10.6. The average molecular weight is 585 g/mol. The number of dihydropyridines is 1. The number of carbonyl (C=O) groups is 2. The lowest BCUT2D eigenvalue weighted by Gasteiger charge is -2.37. The van der Waals surface area contributed by atoms with E-state index < -0.39 is 11.9 Å². The Morgan fingerprint density at radius 1 is 1.05 bits per heavy atom. The summed E-state index contributed by atoms with van der Waals surface area (Å²) < 4.78 is 22.9. The first-order chi connectivity index (χ1) is 18.2. The van der Waals surface area contributed by atoms with Gasteiger partial charge < -0.3 is 24.3 Å². The predicted octanol–water partition coefficient (Wildman–Crippen LogP) is 5.80. The lowest BCUT2D eigenvalue weighted by Crippen LogP contribution is -2.36. The highest BCUT2D eigenvalue weighted by Crippen LogP contribution is 2.47. The number of nitrogens with one attached hydrogen (secondary N) is 1. The zero-order valence-electron chi connectivity index (χ0n) is 22.4. The van der Waals surface area contributed by atoms with Crippen LogP contribution in [0.5, 0.6) is 11.5 Å². The smallest absolute Gasteiger partial charge is 0.336 e. The number of hydrogen-bond acceptors (Lipinski definition) is 7. The third kappa shape index (κ3) is 5.81. The number of esters is 1. The van der Waals surface area contributed by atoms with Crippen molar-refractivity contribution in [3.05, 3.63) is 80.6 Å².